The second-order valence-electron chi connectivity index (χ2n) is 0.907. The summed E-state index contributed by atoms with van der Waals surface area (Å²) in [5.74, 6) is 0. The van der Waals surface area contributed by atoms with E-state index >= 15 is 0 Å². The van der Waals surface area contributed by atoms with E-state index in [0.29, 0.717) is 0 Å². The van der Waals surface area contributed by atoms with Crippen molar-refractivity contribution in [1.82, 2.24) is 0 Å². The summed E-state index contributed by atoms with van der Waals surface area (Å²) in [5, 5.41) is 0. The average molecular weight is 220 g/mol. The zero-order chi connectivity index (χ0) is 7.28. The van der Waals surface area contributed by atoms with E-state index in [1.807, 2.05) is 0 Å². The van der Waals surface area contributed by atoms with Crippen LogP contribution >= 0.6 is 16.5 Å². The number of rotatable bonds is 4. The SMILES string of the molecule is O=[PH]([O-])OCO[PH](=O)[O-].[Na+].[Na+]. The molecule has 0 aliphatic rings. The first-order valence-corrected chi connectivity index (χ1v) is 4.25. The molecule has 0 aromatic carbocycles. The molecule has 2 atom stereocenters. The molecule has 0 rings (SSSR count). The molecule has 0 saturated carbocycles. The van der Waals surface area contributed by atoms with E-state index in [1.54, 1.807) is 0 Å². The van der Waals surface area contributed by atoms with Gasteiger partial charge in [0.25, 0.3) is 0 Å². The maximum atomic E-state index is 9.56. The van der Waals surface area contributed by atoms with Crippen LogP contribution in [0, 0.1) is 0 Å². The third-order valence-corrected chi connectivity index (χ3v) is 1.06. The minimum Gasteiger partial charge on any atom is -0.781 e. The van der Waals surface area contributed by atoms with Crippen LogP contribution in [0.4, 0.5) is 0 Å². The maximum Gasteiger partial charge on any atom is 1.00 e. The Morgan fingerprint density at radius 3 is 1.45 bits per heavy atom. The fraction of sp³-hybridized carbons (Fsp3) is 1.00. The molecule has 0 fully saturated rings. The molecule has 0 amide bonds. The van der Waals surface area contributed by atoms with Crippen molar-refractivity contribution in [3.63, 3.8) is 0 Å². The topological polar surface area (TPSA) is 98.7 Å². The first-order chi connectivity index (χ1) is 4.13. The van der Waals surface area contributed by atoms with Crippen LogP contribution < -0.4 is 68.9 Å². The molecule has 0 aromatic rings. The Bertz CT molecular complexity index is 114. The van der Waals surface area contributed by atoms with E-state index < -0.39 is 23.3 Å². The van der Waals surface area contributed by atoms with Gasteiger partial charge in [0.1, 0.15) is 16.5 Å². The standard InChI is InChI=1S/CH6O6P2.2Na/c2-8(3)6-1-7-9(4)5;;/h8-9H,1H2,(H,2,3)(H,4,5);;/q;2*+1/p-2. The molecule has 11 heavy (non-hydrogen) atoms. The third kappa shape index (κ3) is 18.9. The first-order valence-electron chi connectivity index (χ1n) is 1.80. The van der Waals surface area contributed by atoms with E-state index in [-0.39, 0.29) is 59.1 Å². The predicted molar refractivity (Wildman–Crippen MR) is 25.0 cm³/mol. The number of hydrogen-bond acceptors (Lipinski definition) is 6. The van der Waals surface area contributed by atoms with Gasteiger partial charge in [-0.05, 0) is 0 Å². The Kier molecular flexibility index (Phi) is 21.2. The molecule has 0 saturated heterocycles. The van der Waals surface area contributed by atoms with Gasteiger partial charge in [0, 0.05) is 0 Å². The van der Waals surface area contributed by atoms with Crippen LogP contribution in [0.3, 0.4) is 0 Å². The molecule has 0 N–H and O–H groups in total. The van der Waals surface area contributed by atoms with Gasteiger partial charge in [-0.3, -0.25) is 0 Å². The van der Waals surface area contributed by atoms with Gasteiger partial charge in [-0.25, -0.2) is 0 Å². The van der Waals surface area contributed by atoms with Crippen molar-refractivity contribution in [3.8, 4) is 0 Å². The molecule has 0 aliphatic carbocycles. The normalized spacial score (nSPS) is 14.0. The Hall–Kier alpha value is 2.30. The third-order valence-electron chi connectivity index (χ3n) is 0.354. The monoisotopic (exact) mass is 220 g/mol. The van der Waals surface area contributed by atoms with E-state index in [1.165, 1.54) is 0 Å². The van der Waals surface area contributed by atoms with Crippen LogP contribution in [-0.4, -0.2) is 6.79 Å². The van der Waals surface area contributed by atoms with Gasteiger partial charge >= 0.3 is 59.1 Å². The number of hydrogen-bond donors (Lipinski definition) is 0. The van der Waals surface area contributed by atoms with E-state index in [0.717, 1.165) is 0 Å². The molecule has 0 spiro atoms. The molecule has 0 heterocycles. The minimum absolute atomic E-state index is 0. The van der Waals surface area contributed by atoms with Crippen LogP contribution in [-0.2, 0) is 18.2 Å². The van der Waals surface area contributed by atoms with Gasteiger partial charge in [-0.15, -0.1) is 0 Å². The van der Waals surface area contributed by atoms with Crippen molar-refractivity contribution >= 4 is 16.5 Å². The van der Waals surface area contributed by atoms with Crippen LogP contribution in [0.1, 0.15) is 0 Å². The molecule has 0 bridgehead atoms. The molecule has 10 heteroatoms. The summed E-state index contributed by atoms with van der Waals surface area (Å²) in [4.78, 5) is 19.1. The van der Waals surface area contributed by atoms with Gasteiger partial charge < -0.3 is 28.0 Å². The van der Waals surface area contributed by atoms with Crippen LogP contribution in [0.25, 0.3) is 0 Å². The Morgan fingerprint density at radius 2 is 1.27 bits per heavy atom. The van der Waals surface area contributed by atoms with E-state index in [2.05, 4.69) is 9.05 Å². The summed E-state index contributed by atoms with van der Waals surface area (Å²) in [6.45, 7) is -0.747. The van der Waals surface area contributed by atoms with Crippen LogP contribution in [0.5, 0.6) is 0 Å². The quantitative estimate of drug-likeness (QED) is 0.265. The molecule has 2 unspecified atom stereocenters. The van der Waals surface area contributed by atoms with Crippen molar-refractivity contribution < 1.29 is 87.1 Å². The van der Waals surface area contributed by atoms with Crippen LogP contribution in [0.15, 0.2) is 0 Å². The molecular weight excluding hydrogens is 216 g/mol. The summed E-state index contributed by atoms with van der Waals surface area (Å²) < 4.78 is 26.6. The van der Waals surface area contributed by atoms with Crippen molar-refractivity contribution in [2.24, 2.45) is 0 Å². The predicted octanol–water partition coefficient (Wildman–Crippen LogP) is -7.51. The second kappa shape index (κ2) is 12.3. The smallest absolute Gasteiger partial charge is 0.781 e. The van der Waals surface area contributed by atoms with Crippen molar-refractivity contribution in [1.29, 1.82) is 0 Å². The molecular formula is CH4Na2O6P2. The van der Waals surface area contributed by atoms with Crippen molar-refractivity contribution in [2.75, 3.05) is 6.79 Å². The van der Waals surface area contributed by atoms with Crippen molar-refractivity contribution in [3.05, 3.63) is 0 Å². The second-order valence-corrected chi connectivity index (χ2v) is 2.48. The van der Waals surface area contributed by atoms with Crippen molar-refractivity contribution in [2.45, 2.75) is 0 Å². The largest absolute Gasteiger partial charge is 1.00 e. The summed E-state index contributed by atoms with van der Waals surface area (Å²) in [7, 11) is -6.63. The molecule has 0 aromatic heterocycles. The zero-order valence-electron chi connectivity index (χ0n) is 6.16. The summed E-state index contributed by atoms with van der Waals surface area (Å²) in [6.07, 6.45) is 0. The molecule has 0 radical (unpaired) electrons. The molecule has 56 valence electrons. The first kappa shape index (κ1) is 19.0. The fourth-order valence-corrected chi connectivity index (χ4v) is 0.554. The molecule has 6 nitrogen and oxygen atoms in total. The Labute approximate surface area is 109 Å². The summed E-state index contributed by atoms with van der Waals surface area (Å²) >= 11 is 0. The maximum absolute atomic E-state index is 9.56. The van der Waals surface area contributed by atoms with Gasteiger partial charge in [-0.2, -0.15) is 0 Å². The van der Waals surface area contributed by atoms with E-state index in [9.17, 15) is 18.9 Å². The summed E-state index contributed by atoms with van der Waals surface area (Å²) in [5.41, 5.74) is 0. The Morgan fingerprint density at radius 1 is 1.00 bits per heavy atom. The summed E-state index contributed by atoms with van der Waals surface area (Å²) in [6, 6.07) is 0. The van der Waals surface area contributed by atoms with E-state index in [4.69, 9.17) is 0 Å². The molecule has 0 aliphatic heterocycles. The van der Waals surface area contributed by atoms with Gasteiger partial charge in [0.05, 0.1) is 0 Å². The van der Waals surface area contributed by atoms with Gasteiger partial charge in [0.2, 0.25) is 0 Å². The van der Waals surface area contributed by atoms with Crippen LogP contribution in [0.2, 0.25) is 0 Å². The average Bonchev–Trinajstić information content (AvgIpc) is 1.63. The van der Waals surface area contributed by atoms with Gasteiger partial charge in [-0.1, -0.05) is 0 Å². The fourth-order valence-electron chi connectivity index (χ4n) is 0.126. The van der Waals surface area contributed by atoms with Gasteiger partial charge in [0.15, 0.2) is 6.79 Å². The zero-order valence-corrected chi connectivity index (χ0v) is 12.2. The minimum atomic E-state index is -3.32. The Balaban J connectivity index is -0.000000320.